The largest absolute Gasteiger partial charge is 0.497 e. The Labute approximate surface area is 97.2 Å². The topological polar surface area (TPSA) is 12.5 Å². The van der Waals surface area contributed by atoms with E-state index in [2.05, 4.69) is 37.1 Å². The van der Waals surface area contributed by atoms with E-state index in [9.17, 15) is 0 Å². The number of benzene rings is 1. The van der Waals surface area contributed by atoms with Gasteiger partial charge >= 0.3 is 0 Å². The van der Waals surface area contributed by atoms with E-state index in [1.807, 2.05) is 0 Å². The molecule has 3 rings (SSSR count). The summed E-state index contributed by atoms with van der Waals surface area (Å²) in [5, 5.41) is 0. The Morgan fingerprint density at radius 3 is 3.00 bits per heavy atom. The van der Waals surface area contributed by atoms with E-state index in [1.165, 1.54) is 30.5 Å². The second-order valence-electron chi connectivity index (χ2n) is 5.56. The molecule has 2 aliphatic rings. The van der Waals surface area contributed by atoms with E-state index in [1.54, 1.807) is 7.11 Å². The summed E-state index contributed by atoms with van der Waals surface area (Å²) in [7, 11) is 4.00. The van der Waals surface area contributed by atoms with Crippen LogP contribution in [0.2, 0.25) is 0 Å². The zero-order valence-electron chi connectivity index (χ0n) is 10.3. The lowest BCUT2D eigenvalue weighted by Gasteiger charge is -2.31. The molecule has 1 heterocycles. The molecule has 2 heteroatoms. The highest BCUT2D eigenvalue weighted by Crippen LogP contribution is 2.45. The van der Waals surface area contributed by atoms with Gasteiger partial charge in [0.1, 0.15) is 5.75 Å². The van der Waals surface area contributed by atoms with Gasteiger partial charge in [0, 0.05) is 18.0 Å². The smallest absolute Gasteiger partial charge is 0.119 e. The quantitative estimate of drug-likeness (QED) is 0.715. The average Bonchev–Trinajstić information content (AvgIpc) is 2.51. The lowest BCUT2D eigenvalue weighted by atomic mass is 9.73. The SMILES string of the molecule is COc1ccc2c(c1)C1(C)CC(C2)N(C)C1. The van der Waals surface area contributed by atoms with Crippen LogP contribution in [-0.4, -0.2) is 31.6 Å². The molecule has 86 valence electrons. The summed E-state index contributed by atoms with van der Waals surface area (Å²) < 4.78 is 5.34. The molecule has 16 heavy (non-hydrogen) atoms. The zero-order chi connectivity index (χ0) is 11.3. The predicted octanol–water partition coefficient (Wildman–Crippen LogP) is 2.21. The van der Waals surface area contributed by atoms with Crippen molar-refractivity contribution < 1.29 is 4.74 Å². The van der Waals surface area contributed by atoms with Crippen LogP contribution in [0.25, 0.3) is 0 Å². The molecule has 2 unspecified atom stereocenters. The van der Waals surface area contributed by atoms with Crippen molar-refractivity contribution in [1.82, 2.24) is 4.90 Å². The van der Waals surface area contributed by atoms with Crippen molar-refractivity contribution in [3.8, 4) is 5.75 Å². The first-order valence-electron chi connectivity index (χ1n) is 6.00. The number of methoxy groups -OCH3 is 1. The molecule has 1 aliphatic carbocycles. The maximum absolute atomic E-state index is 5.34. The van der Waals surface area contributed by atoms with E-state index >= 15 is 0 Å². The van der Waals surface area contributed by atoms with Gasteiger partial charge in [0.25, 0.3) is 0 Å². The first-order valence-corrected chi connectivity index (χ1v) is 6.00. The van der Waals surface area contributed by atoms with E-state index in [0.717, 1.165) is 11.8 Å². The molecule has 0 aromatic heterocycles. The molecule has 2 bridgehead atoms. The van der Waals surface area contributed by atoms with Crippen molar-refractivity contribution in [3.05, 3.63) is 29.3 Å². The highest BCUT2D eigenvalue weighted by atomic mass is 16.5. The maximum Gasteiger partial charge on any atom is 0.119 e. The number of fused-ring (bicyclic) bond motifs is 4. The molecule has 2 atom stereocenters. The van der Waals surface area contributed by atoms with Gasteiger partial charge in [0.2, 0.25) is 0 Å². The second-order valence-corrected chi connectivity index (χ2v) is 5.56. The van der Waals surface area contributed by atoms with Crippen LogP contribution in [-0.2, 0) is 11.8 Å². The molecule has 0 N–H and O–H groups in total. The molecule has 0 radical (unpaired) electrons. The van der Waals surface area contributed by atoms with Crippen LogP contribution < -0.4 is 4.74 Å². The number of nitrogens with zero attached hydrogens (tertiary/aromatic N) is 1. The Balaban J connectivity index is 2.11. The molecule has 1 aromatic rings. The van der Waals surface area contributed by atoms with Gasteiger partial charge in [-0.3, -0.25) is 0 Å². The fourth-order valence-electron chi connectivity index (χ4n) is 3.52. The van der Waals surface area contributed by atoms with Crippen LogP contribution in [0.5, 0.6) is 5.75 Å². The summed E-state index contributed by atoms with van der Waals surface area (Å²) in [6.45, 7) is 3.57. The van der Waals surface area contributed by atoms with Crippen LogP contribution in [0.4, 0.5) is 0 Å². The highest BCUT2D eigenvalue weighted by Gasteiger charge is 2.44. The normalized spacial score (nSPS) is 32.6. The Morgan fingerprint density at radius 1 is 1.44 bits per heavy atom. The highest BCUT2D eigenvalue weighted by molar-refractivity contribution is 5.44. The summed E-state index contributed by atoms with van der Waals surface area (Å²) in [6, 6.07) is 7.32. The molecule has 1 fully saturated rings. The van der Waals surface area contributed by atoms with E-state index in [4.69, 9.17) is 4.74 Å². The lowest BCUT2D eigenvalue weighted by Crippen LogP contribution is -2.28. The number of rotatable bonds is 1. The number of hydrogen-bond donors (Lipinski definition) is 0. The van der Waals surface area contributed by atoms with Crippen molar-refractivity contribution in [2.24, 2.45) is 0 Å². The van der Waals surface area contributed by atoms with Gasteiger partial charge in [-0.05, 0) is 43.1 Å². The third-order valence-electron chi connectivity index (χ3n) is 4.33. The van der Waals surface area contributed by atoms with Crippen LogP contribution in [0, 0.1) is 0 Å². The minimum absolute atomic E-state index is 0.335. The second kappa shape index (κ2) is 3.24. The Hall–Kier alpha value is -1.02. The van der Waals surface area contributed by atoms with Crippen LogP contribution in [0.15, 0.2) is 18.2 Å². The van der Waals surface area contributed by atoms with Crippen LogP contribution in [0.3, 0.4) is 0 Å². The third-order valence-corrected chi connectivity index (χ3v) is 4.33. The van der Waals surface area contributed by atoms with Gasteiger partial charge in [0.05, 0.1) is 7.11 Å². The molecule has 1 aliphatic heterocycles. The van der Waals surface area contributed by atoms with Crippen molar-refractivity contribution in [2.45, 2.75) is 31.2 Å². The molecular weight excluding hydrogens is 198 g/mol. The summed E-state index contributed by atoms with van der Waals surface area (Å²) >= 11 is 0. The average molecular weight is 217 g/mol. The molecule has 0 spiro atoms. The Morgan fingerprint density at radius 2 is 2.25 bits per heavy atom. The summed E-state index contributed by atoms with van der Waals surface area (Å²) in [5.74, 6) is 0.993. The number of hydrogen-bond acceptors (Lipinski definition) is 2. The first kappa shape index (κ1) is 10.2. The Kier molecular flexibility index (Phi) is 2.05. The molecular formula is C14H19NO. The predicted molar refractivity (Wildman–Crippen MR) is 65.1 cm³/mol. The number of ether oxygens (including phenoxy) is 1. The van der Waals surface area contributed by atoms with Crippen molar-refractivity contribution in [2.75, 3.05) is 20.7 Å². The monoisotopic (exact) mass is 217 g/mol. The maximum atomic E-state index is 5.34. The first-order chi connectivity index (χ1) is 7.62. The Bertz CT molecular complexity index is 425. The van der Waals surface area contributed by atoms with Crippen LogP contribution >= 0.6 is 0 Å². The summed E-state index contributed by atoms with van der Waals surface area (Å²) in [5.41, 5.74) is 3.36. The van der Waals surface area contributed by atoms with Crippen molar-refractivity contribution >= 4 is 0 Å². The molecule has 1 saturated heterocycles. The number of likely N-dealkylation sites (tertiary alicyclic amines) is 1. The number of likely N-dealkylation sites (N-methyl/N-ethyl adjacent to an activating group) is 1. The fraction of sp³-hybridized carbons (Fsp3) is 0.571. The summed E-state index contributed by atoms with van der Waals surface area (Å²) in [6.07, 6.45) is 2.50. The molecule has 1 aromatic carbocycles. The van der Waals surface area contributed by atoms with Gasteiger partial charge in [-0.1, -0.05) is 13.0 Å². The minimum atomic E-state index is 0.335. The van der Waals surface area contributed by atoms with Crippen molar-refractivity contribution in [1.29, 1.82) is 0 Å². The molecule has 2 nitrogen and oxygen atoms in total. The van der Waals surface area contributed by atoms with E-state index in [-0.39, 0.29) is 0 Å². The zero-order valence-corrected chi connectivity index (χ0v) is 10.3. The van der Waals surface area contributed by atoms with Crippen LogP contribution in [0.1, 0.15) is 24.5 Å². The van der Waals surface area contributed by atoms with E-state index < -0.39 is 0 Å². The summed E-state index contributed by atoms with van der Waals surface area (Å²) in [4.78, 5) is 2.51. The van der Waals surface area contributed by atoms with Gasteiger partial charge in [-0.25, -0.2) is 0 Å². The van der Waals surface area contributed by atoms with Gasteiger partial charge < -0.3 is 9.64 Å². The molecule has 0 saturated carbocycles. The third kappa shape index (κ3) is 1.29. The van der Waals surface area contributed by atoms with Gasteiger partial charge in [-0.15, -0.1) is 0 Å². The molecule has 0 amide bonds. The van der Waals surface area contributed by atoms with E-state index in [0.29, 0.717) is 5.41 Å². The standard InChI is InChI=1S/C14H19NO/c1-14-8-11(15(2)9-14)6-10-4-5-12(16-3)7-13(10)14/h4-5,7,11H,6,8-9H2,1-3H3. The minimum Gasteiger partial charge on any atom is -0.497 e. The fourth-order valence-corrected chi connectivity index (χ4v) is 3.52. The van der Waals surface area contributed by atoms with Crippen molar-refractivity contribution in [3.63, 3.8) is 0 Å². The van der Waals surface area contributed by atoms with Gasteiger partial charge in [-0.2, -0.15) is 0 Å². The van der Waals surface area contributed by atoms with Gasteiger partial charge in [0.15, 0.2) is 0 Å². The lowest BCUT2D eigenvalue weighted by molar-refractivity contribution is 0.309.